The summed E-state index contributed by atoms with van der Waals surface area (Å²) in [5.41, 5.74) is 13.1. The van der Waals surface area contributed by atoms with E-state index in [4.69, 9.17) is 21.1 Å². The third-order valence-electron chi connectivity index (χ3n) is 2.83. The Labute approximate surface area is 106 Å². The Kier molecular flexibility index (Phi) is 3.67. The van der Waals surface area contributed by atoms with Crippen LogP contribution in [0.1, 0.15) is 6.23 Å². The summed E-state index contributed by atoms with van der Waals surface area (Å²) in [6.07, 6.45) is -1.93. The summed E-state index contributed by atoms with van der Waals surface area (Å²) in [7, 11) is 0. The molecule has 19 heavy (non-hydrogen) atoms. The summed E-state index contributed by atoms with van der Waals surface area (Å²) in [6, 6.07) is 0.385. The van der Waals surface area contributed by atoms with Gasteiger partial charge in [0.2, 0.25) is 0 Å². The zero-order valence-corrected chi connectivity index (χ0v) is 9.70. The van der Waals surface area contributed by atoms with Crippen molar-refractivity contribution in [2.24, 2.45) is 5.11 Å². The van der Waals surface area contributed by atoms with Gasteiger partial charge in [-0.3, -0.25) is 4.57 Å². The number of aliphatic hydroxyl groups is 2. The van der Waals surface area contributed by atoms with Crippen molar-refractivity contribution in [3.05, 3.63) is 33.2 Å². The standard InChI is InChI=1S/C9H12N6O4/c10-5-1-2-15(9(18)12-5)8-7(17)6(13-14-11)4(3-16)19-8/h1-2,4,6-8,16-17H,3H2,(H2,10,12,18)/t4-,6+,7?,8-/m1/s1. The average molecular weight is 268 g/mol. The highest BCUT2D eigenvalue weighted by atomic mass is 16.5. The molecule has 1 aromatic heterocycles. The largest absolute Gasteiger partial charge is 0.394 e. The molecule has 1 aliphatic rings. The van der Waals surface area contributed by atoms with Gasteiger partial charge in [0.15, 0.2) is 6.23 Å². The van der Waals surface area contributed by atoms with Gasteiger partial charge in [0.1, 0.15) is 11.9 Å². The van der Waals surface area contributed by atoms with E-state index >= 15 is 0 Å². The topological polar surface area (TPSA) is 159 Å². The number of nitrogens with zero attached hydrogens (tertiary/aromatic N) is 5. The second kappa shape index (κ2) is 5.24. The van der Waals surface area contributed by atoms with E-state index in [1.165, 1.54) is 12.3 Å². The quantitative estimate of drug-likeness (QED) is 0.353. The third-order valence-corrected chi connectivity index (χ3v) is 2.83. The smallest absolute Gasteiger partial charge is 0.351 e. The molecule has 0 aliphatic carbocycles. The molecule has 1 fully saturated rings. The molecule has 1 aromatic rings. The number of hydrogen-bond donors (Lipinski definition) is 3. The first-order valence-electron chi connectivity index (χ1n) is 5.41. The summed E-state index contributed by atoms with van der Waals surface area (Å²) < 4.78 is 6.34. The first-order valence-corrected chi connectivity index (χ1v) is 5.41. The van der Waals surface area contributed by atoms with Crippen LogP contribution in [0.4, 0.5) is 5.82 Å². The maximum absolute atomic E-state index is 11.6. The van der Waals surface area contributed by atoms with Gasteiger partial charge in [0, 0.05) is 11.1 Å². The third kappa shape index (κ3) is 2.37. The van der Waals surface area contributed by atoms with Crippen molar-refractivity contribution in [3.63, 3.8) is 0 Å². The monoisotopic (exact) mass is 268 g/mol. The zero-order chi connectivity index (χ0) is 14.0. The first-order chi connectivity index (χ1) is 9.08. The second-order valence-corrected chi connectivity index (χ2v) is 3.98. The van der Waals surface area contributed by atoms with Crippen LogP contribution in [0.25, 0.3) is 10.4 Å². The van der Waals surface area contributed by atoms with Gasteiger partial charge in [-0.2, -0.15) is 4.98 Å². The molecular weight excluding hydrogens is 256 g/mol. The number of nitrogens with two attached hydrogens (primary N) is 1. The normalized spacial score (nSPS) is 30.0. The van der Waals surface area contributed by atoms with Crippen LogP contribution in [0.5, 0.6) is 0 Å². The summed E-state index contributed by atoms with van der Waals surface area (Å²) in [4.78, 5) is 17.7. The number of aromatic nitrogens is 2. The number of nitrogen functional groups attached to an aromatic ring is 1. The second-order valence-electron chi connectivity index (χ2n) is 3.98. The van der Waals surface area contributed by atoms with Gasteiger partial charge in [-0.1, -0.05) is 5.11 Å². The van der Waals surface area contributed by atoms with Crippen molar-refractivity contribution >= 4 is 5.82 Å². The molecule has 0 saturated carbocycles. The fraction of sp³-hybridized carbons (Fsp3) is 0.556. The lowest BCUT2D eigenvalue weighted by Crippen LogP contribution is -2.35. The van der Waals surface area contributed by atoms with E-state index in [0.29, 0.717) is 0 Å². The number of rotatable bonds is 3. The Bertz CT molecular complexity index is 568. The van der Waals surface area contributed by atoms with Gasteiger partial charge in [0.05, 0.1) is 18.8 Å². The Morgan fingerprint density at radius 3 is 3.00 bits per heavy atom. The lowest BCUT2D eigenvalue weighted by Gasteiger charge is -2.17. The highest BCUT2D eigenvalue weighted by Crippen LogP contribution is 2.30. The van der Waals surface area contributed by atoms with Crippen LogP contribution in [0.15, 0.2) is 22.2 Å². The molecule has 102 valence electrons. The van der Waals surface area contributed by atoms with E-state index in [1.807, 2.05) is 0 Å². The van der Waals surface area contributed by atoms with E-state index < -0.39 is 36.8 Å². The van der Waals surface area contributed by atoms with Gasteiger partial charge in [-0.25, -0.2) is 4.79 Å². The van der Waals surface area contributed by atoms with Crippen molar-refractivity contribution in [2.45, 2.75) is 24.5 Å². The summed E-state index contributed by atoms with van der Waals surface area (Å²) in [5.74, 6) is 0.0408. The minimum atomic E-state index is -1.27. The van der Waals surface area contributed by atoms with Crippen molar-refractivity contribution in [2.75, 3.05) is 12.3 Å². The van der Waals surface area contributed by atoms with Crippen LogP contribution in [0.2, 0.25) is 0 Å². The Balaban J connectivity index is 2.36. The molecule has 10 heteroatoms. The van der Waals surface area contributed by atoms with E-state index in [0.717, 1.165) is 4.57 Å². The van der Waals surface area contributed by atoms with Gasteiger partial charge in [-0.05, 0) is 11.6 Å². The highest BCUT2D eigenvalue weighted by molar-refractivity contribution is 5.23. The molecule has 2 heterocycles. The van der Waals surface area contributed by atoms with Gasteiger partial charge in [-0.15, -0.1) is 0 Å². The molecular formula is C9H12N6O4. The number of aliphatic hydroxyl groups excluding tert-OH is 2. The molecule has 0 radical (unpaired) electrons. The minimum absolute atomic E-state index is 0.0408. The zero-order valence-electron chi connectivity index (χ0n) is 9.70. The fourth-order valence-corrected chi connectivity index (χ4v) is 1.93. The van der Waals surface area contributed by atoms with Crippen LogP contribution in [0.3, 0.4) is 0 Å². The van der Waals surface area contributed by atoms with Gasteiger partial charge >= 0.3 is 5.69 Å². The molecule has 10 nitrogen and oxygen atoms in total. The molecule has 1 aliphatic heterocycles. The molecule has 0 bridgehead atoms. The number of hydrogen-bond acceptors (Lipinski definition) is 7. The molecule has 1 unspecified atom stereocenters. The van der Waals surface area contributed by atoms with Crippen LogP contribution in [0, 0.1) is 0 Å². The minimum Gasteiger partial charge on any atom is -0.394 e. The SMILES string of the molecule is [N-]=[N+]=N[C@@H]1C(O)[C@H](n2ccc(N)nc2=O)O[C@@H]1CO. The molecule has 0 aromatic carbocycles. The number of azide groups is 1. The highest BCUT2D eigenvalue weighted by Gasteiger charge is 2.44. The van der Waals surface area contributed by atoms with Crippen LogP contribution >= 0.6 is 0 Å². The van der Waals surface area contributed by atoms with Crippen LogP contribution in [-0.2, 0) is 4.74 Å². The van der Waals surface area contributed by atoms with Gasteiger partial charge in [0.25, 0.3) is 0 Å². The van der Waals surface area contributed by atoms with E-state index in [-0.39, 0.29) is 5.82 Å². The molecule has 1 saturated heterocycles. The molecule has 4 atom stereocenters. The fourth-order valence-electron chi connectivity index (χ4n) is 1.93. The number of anilines is 1. The molecule has 0 spiro atoms. The van der Waals surface area contributed by atoms with E-state index in [2.05, 4.69) is 15.0 Å². The predicted molar refractivity (Wildman–Crippen MR) is 62.8 cm³/mol. The summed E-state index contributed by atoms with van der Waals surface area (Å²) >= 11 is 0. The van der Waals surface area contributed by atoms with Crippen molar-refractivity contribution in [1.82, 2.24) is 9.55 Å². The Morgan fingerprint density at radius 2 is 2.42 bits per heavy atom. The van der Waals surface area contributed by atoms with Gasteiger partial charge < -0.3 is 20.7 Å². The predicted octanol–water partition coefficient (Wildman–Crippen LogP) is -1.24. The Morgan fingerprint density at radius 1 is 1.68 bits per heavy atom. The average Bonchev–Trinajstić information content (AvgIpc) is 2.68. The van der Waals surface area contributed by atoms with E-state index in [1.54, 1.807) is 0 Å². The molecule has 4 N–H and O–H groups in total. The maximum atomic E-state index is 11.6. The molecule has 0 amide bonds. The summed E-state index contributed by atoms with van der Waals surface area (Å²) in [6.45, 7) is -0.450. The Hall–Kier alpha value is -2.13. The van der Waals surface area contributed by atoms with Crippen molar-refractivity contribution < 1.29 is 14.9 Å². The van der Waals surface area contributed by atoms with Crippen molar-refractivity contribution in [1.29, 1.82) is 0 Å². The van der Waals surface area contributed by atoms with Crippen LogP contribution in [-0.4, -0.2) is 44.6 Å². The molecule has 2 rings (SSSR count). The number of ether oxygens (including phenoxy) is 1. The summed E-state index contributed by atoms with van der Waals surface area (Å²) in [5, 5.41) is 22.5. The van der Waals surface area contributed by atoms with Crippen LogP contribution < -0.4 is 11.4 Å². The lowest BCUT2D eigenvalue weighted by atomic mass is 10.1. The maximum Gasteiger partial charge on any atom is 0.351 e. The van der Waals surface area contributed by atoms with Crippen molar-refractivity contribution in [3.8, 4) is 0 Å². The lowest BCUT2D eigenvalue weighted by molar-refractivity contribution is -0.0531. The first kappa shape index (κ1) is 13.3. The van der Waals surface area contributed by atoms with E-state index in [9.17, 15) is 9.90 Å².